The second kappa shape index (κ2) is 5.46. The summed E-state index contributed by atoms with van der Waals surface area (Å²) in [5.41, 5.74) is 0. The average molecular weight is 355 g/mol. The van der Waals surface area contributed by atoms with E-state index in [0.717, 1.165) is 0 Å². The van der Waals surface area contributed by atoms with E-state index in [0.29, 0.717) is 0 Å². The molecule has 0 aliphatic heterocycles. The molecule has 0 rings (SSSR count). The van der Waals surface area contributed by atoms with Crippen LogP contribution in [0.5, 0.6) is 0 Å². The van der Waals surface area contributed by atoms with Crippen LogP contribution in [0.4, 0.5) is 0 Å². The molecule has 0 saturated carbocycles. The summed E-state index contributed by atoms with van der Waals surface area (Å²) in [5, 5.41) is 0. The Hall–Kier alpha value is 1.32. The number of rotatable bonds is 0. The van der Waals surface area contributed by atoms with Gasteiger partial charge in [-0.05, 0) is 0 Å². The summed E-state index contributed by atoms with van der Waals surface area (Å²) >= 11 is 0. The Balaban J connectivity index is -0.0000000800. The Morgan fingerprint density at radius 2 is 1.14 bits per heavy atom. The fourth-order valence-electron chi connectivity index (χ4n) is 0. The summed E-state index contributed by atoms with van der Waals surface area (Å²) < 4.78 is 34.1. The van der Waals surface area contributed by atoms with E-state index in [2.05, 4.69) is 0 Å². The zero-order valence-electron chi connectivity index (χ0n) is 2.95. The van der Waals surface area contributed by atoms with Crippen LogP contribution in [0.15, 0.2) is 0 Å². The van der Waals surface area contributed by atoms with Crippen molar-refractivity contribution in [2.24, 2.45) is 0 Å². The molecule has 0 aromatic rings. The minimum absolute atomic E-state index is 0. The number of hydrogen-bond donors (Lipinski definition) is 0. The molecule has 0 fully saturated rings. The third kappa shape index (κ3) is 118. The Morgan fingerprint density at radius 3 is 1.14 bits per heavy atom. The molecular formula is CrO4PbS+3. The monoisotopic (exact) mass is 356 g/mol. The Morgan fingerprint density at radius 1 is 1.14 bits per heavy atom. The minimum Gasteiger partial charge on any atom is -0.759 e. The first-order valence-corrected chi connectivity index (χ1v) is 2.00. The van der Waals surface area contributed by atoms with Crippen LogP contribution in [0.2, 0.25) is 0 Å². The summed E-state index contributed by atoms with van der Waals surface area (Å²) in [6, 6.07) is 0. The van der Waals surface area contributed by atoms with Gasteiger partial charge in [0.15, 0.2) is 0 Å². The molecule has 0 amide bonds. The van der Waals surface area contributed by atoms with Crippen LogP contribution in [0.1, 0.15) is 0 Å². The Bertz CT molecular complexity index is 94.9. The van der Waals surface area contributed by atoms with E-state index in [1.54, 1.807) is 0 Å². The van der Waals surface area contributed by atoms with Crippen molar-refractivity contribution in [2.45, 2.75) is 0 Å². The van der Waals surface area contributed by atoms with Crippen molar-refractivity contribution in [1.29, 1.82) is 0 Å². The summed E-state index contributed by atoms with van der Waals surface area (Å²) in [6.07, 6.45) is 0. The quantitative estimate of drug-likeness (QED) is 0.294. The summed E-state index contributed by atoms with van der Waals surface area (Å²) in [7, 11) is -5.17. The third-order valence-corrected chi connectivity index (χ3v) is 0. The van der Waals surface area contributed by atoms with Crippen LogP contribution in [0.3, 0.4) is 0 Å². The van der Waals surface area contributed by atoms with Gasteiger partial charge in [-0.3, -0.25) is 8.42 Å². The van der Waals surface area contributed by atoms with Gasteiger partial charge in [-0.15, -0.1) is 0 Å². The van der Waals surface area contributed by atoms with Gasteiger partial charge in [-0.2, -0.15) is 0 Å². The maximum Gasteiger partial charge on any atom is 3.00 e. The standard InChI is InChI=1S/Cr.H2O4S.Pb/c;1-5(2,3)4;/h;(H2,1,2,3,4);/q+3;;+2/p-2. The molecule has 7 heteroatoms. The predicted molar refractivity (Wildman–Crippen MR) is 16.2 cm³/mol. The van der Waals surface area contributed by atoms with E-state index in [-0.39, 0.29) is 44.7 Å². The SMILES string of the molecule is O=S(=O)([O-])[O-].[Cr+3].[Pb+2]. The van der Waals surface area contributed by atoms with E-state index >= 15 is 0 Å². The van der Waals surface area contributed by atoms with Crippen LogP contribution in [-0.2, 0) is 27.8 Å². The van der Waals surface area contributed by atoms with Crippen molar-refractivity contribution < 1.29 is 34.9 Å². The maximum atomic E-state index is 8.52. The van der Waals surface area contributed by atoms with Crippen molar-refractivity contribution in [2.75, 3.05) is 0 Å². The predicted octanol–water partition coefficient (Wildman–Crippen LogP) is -1.72. The Kier molecular flexibility index (Phi) is 12.3. The molecule has 0 aromatic heterocycles. The van der Waals surface area contributed by atoms with E-state index in [9.17, 15) is 0 Å². The van der Waals surface area contributed by atoms with Gasteiger partial charge < -0.3 is 9.11 Å². The van der Waals surface area contributed by atoms with Gasteiger partial charge in [-0.25, -0.2) is 0 Å². The molecule has 7 heavy (non-hydrogen) atoms. The molecule has 4 nitrogen and oxygen atoms in total. The molecule has 0 atom stereocenters. The molecule has 3 radical (unpaired) electrons. The molecule has 0 bridgehead atoms. The molecule has 0 unspecified atom stereocenters. The molecule has 0 saturated heterocycles. The minimum atomic E-state index is -5.17. The van der Waals surface area contributed by atoms with E-state index in [1.807, 2.05) is 0 Å². The zero-order valence-corrected chi connectivity index (χ0v) is 8.93. The topological polar surface area (TPSA) is 80.3 Å². The summed E-state index contributed by atoms with van der Waals surface area (Å²) in [5.74, 6) is 0. The van der Waals surface area contributed by atoms with Crippen LogP contribution >= 0.6 is 0 Å². The number of hydrogen-bond acceptors (Lipinski definition) is 4. The van der Waals surface area contributed by atoms with Gasteiger partial charge in [-0.1, -0.05) is 0 Å². The molecule has 0 aliphatic carbocycles. The second-order valence-electron chi connectivity index (χ2n) is 0.408. The summed E-state index contributed by atoms with van der Waals surface area (Å²) in [6.45, 7) is 0. The molecule has 0 aromatic carbocycles. The van der Waals surface area contributed by atoms with Crippen molar-refractivity contribution >= 4 is 37.7 Å². The first-order chi connectivity index (χ1) is 2.00. The molecule has 0 spiro atoms. The molecule has 0 aliphatic rings. The summed E-state index contributed by atoms with van der Waals surface area (Å²) in [4.78, 5) is 0. The smallest absolute Gasteiger partial charge is 0.759 e. The van der Waals surface area contributed by atoms with Crippen molar-refractivity contribution in [3.8, 4) is 0 Å². The van der Waals surface area contributed by atoms with Crippen LogP contribution < -0.4 is 0 Å². The molecule has 37 valence electrons. The van der Waals surface area contributed by atoms with Crippen molar-refractivity contribution in [3.63, 3.8) is 0 Å². The van der Waals surface area contributed by atoms with Gasteiger partial charge >= 0.3 is 44.7 Å². The fourth-order valence-corrected chi connectivity index (χ4v) is 0. The van der Waals surface area contributed by atoms with Crippen LogP contribution in [0, 0.1) is 0 Å². The maximum absolute atomic E-state index is 8.52. The van der Waals surface area contributed by atoms with E-state index in [4.69, 9.17) is 17.5 Å². The molecular weight excluding hydrogens is 355 g/mol. The fraction of sp³-hybridized carbons (Fsp3) is 0. The first kappa shape index (κ1) is 15.8. The molecule has 0 N–H and O–H groups in total. The van der Waals surface area contributed by atoms with Crippen LogP contribution in [-0.4, -0.2) is 44.8 Å². The van der Waals surface area contributed by atoms with Gasteiger partial charge in [0.25, 0.3) is 0 Å². The normalized spacial score (nSPS) is 8.29. The first-order valence-electron chi connectivity index (χ1n) is 0.667. The van der Waals surface area contributed by atoms with E-state index in [1.165, 1.54) is 0 Å². The Labute approximate surface area is 72.2 Å². The zero-order chi connectivity index (χ0) is 4.50. The van der Waals surface area contributed by atoms with Crippen molar-refractivity contribution in [3.05, 3.63) is 0 Å². The largest absolute Gasteiger partial charge is 3.00 e. The van der Waals surface area contributed by atoms with Gasteiger partial charge in [0.1, 0.15) is 0 Å². The van der Waals surface area contributed by atoms with Gasteiger partial charge in [0.2, 0.25) is 0 Å². The van der Waals surface area contributed by atoms with Crippen LogP contribution in [0.25, 0.3) is 0 Å². The van der Waals surface area contributed by atoms with Crippen molar-refractivity contribution in [1.82, 2.24) is 0 Å². The third-order valence-electron chi connectivity index (χ3n) is 0. The van der Waals surface area contributed by atoms with Gasteiger partial charge in [0.05, 0.1) is 0 Å². The second-order valence-corrected chi connectivity index (χ2v) is 1.22. The average Bonchev–Trinajstić information content (AvgIpc) is 0.722. The van der Waals surface area contributed by atoms with Gasteiger partial charge in [0, 0.05) is 10.4 Å². The van der Waals surface area contributed by atoms with E-state index < -0.39 is 10.4 Å². The molecule has 0 heterocycles.